The fourth-order valence-electron chi connectivity index (χ4n) is 8.76. The summed E-state index contributed by atoms with van der Waals surface area (Å²) < 4.78 is 66.8. The Morgan fingerprint density at radius 2 is 1.45 bits per heavy atom. The normalized spacial score (nSPS) is 17.5. The van der Waals surface area contributed by atoms with Gasteiger partial charge in [0, 0.05) is 49.4 Å². The highest BCUT2D eigenvalue weighted by atomic mass is 32.2. The van der Waals surface area contributed by atoms with E-state index < -0.39 is 14.9 Å². The number of nitrogens with one attached hydrogen (secondary N) is 1. The Bertz CT molecular complexity index is 2600. The van der Waals surface area contributed by atoms with Gasteiger partial charge in [-0.15, -0.1) is 0 Å². The molecule has 6 bridgehead atoms. The molecule has 4 heterocycles. The first-order valence-corrected chi connectivity index (χ1v) is 22.2. The number of likely N-dealkylation sites (N-methyl/N-ethyl adjacent to an activating group) is 2. The predicted molar refractivity (Wildman–Crippen MR) is 234 cm³/mol. The number of rotatable bonds is 11. The summed E-state index contributed by atoms with van der Waals surface area (Å²) >= 11 is 0. The number of ether oxygens (including phenoxy) is 6. The highest BCUT2D eigenvalue weighted by Gasteiger charge is 2.35. The van der Waals surface area contributed by atoms with Crippen LogP contribution in [-0.2, 0) is 35.7 Å². The van der Waals surface area contributed by atoms with Crippen LogP contribution in [0.2, 0.25) is 0 Å². The molecule has 0 aromatic heterocycles. The molecule has 5 aromatic rings. The summed E-state index contributed by atoms with van der Waals surface area (Å²) in [6.45, 7) is 3.54. The number of benzene rings is 5. The van der Waals surface area contributed by atoms with Gasteiger partial charge in [0.25, 0.3) is 5.69 Å². The van der Waals surface area contributed by atoms with Gasteiger partial charge in [-0.2, -0.15) is 0 Å². The van der Waals surface area contributed by atoms with Crippen LogP contribution in [0, 0.1) is 17.0 Å². The van der Waals surface area contributed by atoms with Crippen LogP contribution in [0.4, 0.5) is 5.69 Å². The second kappa shape index (κ2) is 17.8. The number of aryl methyl sites for hydroxylation is 1. The van der Waals surface area contributed by atoms with Crippen LogP contribution in [0.25, 0.3) is 0 Å². The highest BCUT2D eigenvalue weighted by molar-refractivity contribution is 7.89. The minimum absolute atomic E-state index is 0.0550. The van der Waals surface area contributed by atoms with E-state index >= 15 is 0 Å². The van der Waals surface area contributed by atoms with Crippen molar-refractivity contribution in [1.29, 1.82) is 0 Å². The van der Waals surface area contributed by atoms with Gasteiger partial charge in [0.2, 0.25) is 15.8 Å². The summed E-state index contributed by atoms with van der Waals surface area (Å²) in [5, 5.41) is 11.3. The van der Waals surface area contributed by atoms with Crippen LogP contribution in [0.15, 0.2) is 83.8 Å². The summed E-state index contributed by atoms with van der Waals surface area (Å²) in [6.07, 6.45) is 3.34. The molecule has 4 aliphatic heterocycles. The lowest BCUT2D eigenvalue weighted by Crippen LogP contribution is -2.34. The molecule has 0 saturated heterocycles. The van der Waals surface area contributed by atoms with E-state index in [-0.39, 0.29) is 35.8 Å². The second-order valence-corrected chi connectivity index (χ2v) is 17.8. The molecule has 0 unspecified atom stereocenters. The lowest BCUT2D eigenvalue weighted by molar-refractivity contribution is -0.385. The van der Waals surface area contributed by atoms with Crippen molar-refractivity contribution in [2.24, 2.45) is 0 Å². The van der Waals surface area contributed by atoms with Gasteiger partial charge < -0.3 is 28.4 Å². The zero-order chi connectivity index (χ0) is 43.7. The van der Waals surface area contributed by atoms with E-state index in [0.29, 0.717) is 64.4 Å². The van der Waals surface area contributed by atoms with Gasteiger partial charge in [-0.05, 0) is 129 Å². The maximum absolute atomic E-state index is 13.1. The number of fused-ring (bicyclic) bond motifs is 2. The summed E-state index contributed by atoms with van der Waals surface area (Å²) in [4.78, 5) is 15.3. The molecule has 4 aliphatic rings. The monoisotopic (exact) mass is 864 g/mol. The molecule has 5 aromatic carbocycles. The maximum Gasteiger partial charge on any atom is 0.270 e. The van der Waals surface area contributed by atoms with Crippen molar-refractivity contribution in [2.45, 2.75) is 56.0 Å². The van der Waals surface area contributed by atoms with Crippen molar-refractivity contribution in [3.05, 3.63) is 128 Å². The average molecular weight is 865 g/mol. The molecule has 326 valence electrons. The quantitative estimate of drug-likeness (QED) is 0.0776. The van der Waals surface area contributed by atoms with E-state index in [1.807, 2.05) is 30.3 Å². The zero-order valence-corrected chi connectivity index (χ0v) is 36.7. The van der Waals surface area contributed by atoms with Crippen molar-refractivity contribution in [2.75, 3.05) is 61.7 Å². The number of non-ortho nitro benzene ring substituents is 1. The van der Waals surface area contributed by atoms with Gasteiger partial charge in [0.1, 0.15) is 5.75 Å². The lowest BCUT2D eigenvalue weighted by Gasteiger charge is -2.37. The third-order valence-electron chi connectivity index (χ3n) is 12.2. The summed E-state index contributed by atoms with van der Waals surface area (Å²) in [5.41, 5.74) is 6.78. The Morgan fingerprint density at radius 1 is 0.774 bits per heavy atom. The molecule has 9 rings (SSSR count). The first-order valence-electron chi connectivity index (χ1n) is 20.7. The number of sulfonamides is 1. The van der Waals surface area contributed by atoms with Crippen molar-refractivity contribution >= 4 is 15.7 Å². The molecular weight excluding hydrogens is 813 g/mol. The minimum Gasteiger partial charge on any atom is -0.493 e. The number of hydrogen-bond donors (Lipinski definition) is 1. The molecule has 62 heavy (non-hydrogen) atoms. The molecule has 0 saturated carbocycles. The van der Waals surface area contributed by atoms with Gasteiger partial charge in [-0.1, -0.05) is 24.3 Å². The Balaban J connectivity index is 1.14. The van der Waals surface area contributed by atoms with Crippen LogP contribution < -0.4 is 33.1 Å². The zero-order valence-electron chi connectivity index (χ0n) is 35.9. The molecule has 14 nitrogen and oxygen atoms in total. The van der Waals surface area contributed by atoms with E-state index in [2.05, 4.69) is 58.9 Å². The Hall–Kier alpha value is -5.87. The van der Waals surface area contributed by atoms with E-state index in [1.165, 1.54) is 23.3 Å². The van der Waals surface area contributed by atoms with Crippen LogP contribution in [0.1, 0.15) is 57.4 Å². The molecule has 0 fully saturated rings. The molecule has 15 heteroatoms. The van der Waals surface area contributed by atoms with E-state index in [9.17, 15) is 18.5 Å². The standard InChI is InChI=1S/C47H52N4O10S/c1-29-8-12-34(51(52)53)27-44(29)62(54,55)48-18-7-21-59-39-15-11-31-23-38-45-33(17-20-50(38)3)26-43(57-5)46(58-6)47(45)61-42-28-36-32(25-40(42)56-4)16-19-49(2)37(36)22-30-9-13-35(14-10-30)60-41(39)24-31/h8-15,24-28,37-38,48H,7,16-23H2,1-6H3/t37-,38+/m0/s1. The van der Waals surface area contributed by atoms with Crippen LogP contribution in [-0.4, -0.2) is 84.8 Å². The second-order valence-electron chi connectivity index (χ2n) is 16.1. The molecule has 0 spiro atoms. The fraction of sp³-hybridized carbons (Fsp3) is 0.362. The summed E-state index contributed by atoms with van der Waals surface area (Å²) in [6, 6.07) is 24.1. The van der Waals surface area contributed by atoms with Gasteiger partial charge in [-0.25, -0.2) is 13.1 Å². The number of hydrogen-bond acceptors (Lipinski definition) is 12. The molecular formula is C47H52N4O10S. The first-order chi connectivity index (χ1) is 29.9. The van der Waals surface area contributed by atoms with Gasteiger partial charge in [-0.3, -0.25) is 19.9 Å². The first kappa shape index (κ1) is 42.8. The van der Waals surface area contributed by atoms with Crippen LogP contribution in [0.3, 0.4) is 0 Å². The van der Waals surface area contributed by atoms with Gasteiger partial charge in [0.05, 0.1) is 37.8 Å². The van der Waals surface area contributed by atoms with Crippen LogP contribution >= 0.6 is 0 Å². The largest absolute Gasteiger partial charge is 0.493 e. The van der Waals surface area contributed by atoms with Crippen molar-refractivity contribution in [3.8, 4) is 46.0 Å². The Morgan fingerprint density at radius 3 is 2.18 bits per heavy atom. The maximum atomic E-state index is 13.1. The third kappa shape index (κ3) is 8.62. The predicted octanol–water partition coefficient (Wildman–Crippen LogP) is 8.12. The SMILES string of the molecule is COc1cc2c3cc1Oc1c(OC)c(OC)cc4c1[C@@H](Cc1ccc(OCCCNS(=O)(=O)c5cc([N+](=O)[O-])ccc5C)c(c1)Oc1ccc(cc1)C[C@@H]3N(C)CC2)N(C)CC4. The molecule has 0 amide bonds. The van der Waals surface area contributed by atoms with Crippen molar-refractivity contribution < 1.29 is 41.8 Å². The molecule has 2 atom stereocenters. The van der Waals surface area contributed by atoms with Gasteiger partial charge >= 0.3 is 0 Å². The fourth-order valence-corrected chi connectivity index (χ4v) is 10.1. The number of methoxy groups -OCH3 is 3. The lowest BCUT2D eigenvalue weighted by atomic mass is 9.87. The summed E-state index contributed by atoms with van der Waals surface area (Å²) in [7, 11) is 5.22. The minimum atomic E-state index is -4.00. The Kier molecular flexibility index (Phi) is 12.3. The number of nitro benzene ring substituents is 1. The highest BCUT2D eigenvalue weighted by Crippen LogP contribution is 2.52. The van der Waals surface area contributed by atoms with E-state index in [1.54, 1.807) is 28.3 Å². The molecule has 0 radical (unpaired) electrons. The molecule has 0 aliphatic carbocycles. The third-order valence-corrected chi connectivity index (χ3v) is 13.8. The van der Waals surface area contributed by atoms with Gasteiger partial charge in [0.15, 0.2) is 34.5 Å². The van der Waals surface area contributed by atoms with Crippen molar-refractivity contribution in [1.82, 2.24) is 14.5 Å². The Labute approximate surface area is 362 Å². The smallest absolute Gasteiger partial charge is 0.270 e. The van der Waals surface area contributed by atoms with Crippen LogP contribution in [0.5, 0.6) is 46.0 Å². The number of nitrogens with zero attached hydrogens (tertiary/aromatic N) is 3. The molecule has 1 N–H and O–H groups in total. The topological polar surface area (TPSA) is 151 Å². The van der Waals surface area contributed by atoms with E-state index in [4.69, 9.17) is 28.4 Å². The average Bonchev–Trinajstić information content (AvgIpc) is 3.26. The van der Waals surface area contributed by atoms with Crippen molar-refractivity contribution in [3.63, 3.8) is 0 Å². The number of nitro groups is 1. The van der Waals surface area contributed by atoms with E-state index in [0.717, 1.165) is 60.7 Å². The summed E-state index contributed by atoms with van der Waals surface area (Å²) in [5.74, 6) is 4.60.